The molecule has 0 unspecified atom stereocenters. The van der Waals surface area contributed by atoms with Gasteiger partial charge in [0, 0.05) is 32.9 Å². The van der Waals surface area contributed by atoms with E-state index >= 15 is 0 Å². The van der Waals surface area contributed by atoms with E-state index in [0.29, 0.717) is 0 Å². The Balaban J connectivity index is 1.09. The van der Waals surface area contributed by atoms with Crippen LogP contribution in [-0.4, -0.2) is 17.2 Å². The molecule has 9 aromatic carbocycles. The van der Waals surface area contributed by atoms with Crippen molar-refractivity contribution in [2.45, 2.75) is 0 Å². The Morgan fingerprint density at radius 3 is 1.25 bits per heavy atom. The number of para-hydroxylation sites is 3. The van der Waals surface area contributed by atoms with Crippen LogP contribution in [0.2, 0.25) is 0 Å². The number of aromatic nitrogens is 2. The maximum Gasteiger partial charge on any atom is 0.179 e. The summed E-state index contributed by atoms with van der Waals surface area (Å²) in [5.41, 5.74) is 9.58. The van der Waals surface area contributed by atoms with Crippen LogP contribution in [0.4, 0.5) is 0 Å². The SMILES string of the molecule is c1ccc(-n2c3ccccc3c3cc(-c4ccc(-n5c6ccccc6c6ccc([Si](c7ccccc7)(c7ccccc7)c7ccccc7)cc65)cc4)ccc32)cc1. The predicted molar refractivity (Wildman–Crippen MR) is 244 cm³/mol. The number of benzene rings is 9. The minimum atomic E-state index is -2.72. The highest BCUT2D eigenvalue weighted by Gasteiger charge is 2.41. The largest absolute Gasteiger partial charge is 0.309 e. The Bertz CT molecular complexity index is 3100. The van der Waals surface area contributed by atoms with Gasteiger partial charge in [0.1, 0.15) is 0 Å². The Kier molecular flexibility index (Phi) is 7.87. The zero-order valence-corrected chi connectivity index (χ0v) is 32.3. The van der Waals surface area contributed by atoms with E-state index in [4.69, 9.17) is 0 Å². The van der Waals surface area contributed by atoms with Crippen molar-refractivity contribution >= 4 is 72.4 Å². The standard InChI is InChI=1S/C54H38N2Si/c1-5-17-41(18-6-1)55-52-28-16-14-26-48(52)50-37-40(31-36-53(50)55)39-29-32-42(33-30-39)56-51-27-15-13-25-47(51)49-35-34-46(38-54(49)56)57(43-19-7-2-8-20-43,44-21-9-3-10-22-44)45-23-11-4-12-24-45/h1-38H. The molecule has 0 saturated carbocycles. The van der Waals surface area contributed by atoms with Gasteiger partial charge in [-0.2, -0.15) is 0 Å². The summed E-state index contributed by atoms with van der Waals surface area (Å²) in [6, 6.07) is 85.1. The molecule has 0 aliphatic carbocycles. The normalized spacial score (nSPS) is 11.9. The zero-order chi connectivity index (χ0) is 37.8. The van der Waals surface area contributed by atoms with Crippen LogP contribution in [0.3, 0.4) is 0 Å². The molecule has 2 nitrogen and oxygen atoms in total. The molecule has 0 spiro atoms. The van der Waals surface area contributed by atoms with Gasteiger partial charge in [-0.3, -0.25) is 0 Å². The summed E-state index contributed by atoms with van der Waals surface area (Å²) < 4.78 is 4.84. The third-order valence-electron chi connectivity index (χ3n) is 11.9. The lowest BCUT2D eigenvalue weighted by Gasteiger charge is -2.34. The lowest BCUT2D eigenvalue weighted by atomic mass is 10.0. The van der Waals surface area contributed by atoms with E-state index in [1.54, 1.807) is 0 Å². The van der Waals surface area contributed by atoms with Crippen LogP contribution in [0.25, 0.3) is 66.1 Å². The monoisotopic (exact) mass is 742 g/mol. The van der Waals surface area contributed by atoms with Gasteiger partial charge in [0.2, 0.25) is 0 Å². The molecular formula is C54H38N2Si. The Morgan fingerprint density at radius 1 is 0.246 bits per heavy atom. The van der Waals surface area contributed by atoms with Crippen LogP contribution in [-0.2, 0) is 0 Å². The molecule has 0 radical (unpaired) electrons. The van der Waals surface area contributed by atoms with Crippen molar-refractivity contribution in [3.8, 4) is 22.5 Å². The van der Waals surface area contributed by atoms with E-state index in [2.05, 4.69) is 240 Å². The molecule has 0 fully saturated rings. The van der Waals surface area contributed by atoms with Crippen LogP contribution >= 0.6 is 0 Å². The van der Waals surface area contributed by atoms with Gasteiger partial charge >= 0.3 is 0 Å². The first kappa shape index (κ1) is 33.2. The molecule has 0 aliphatic heterocycles. The summed E-state index contributed by atoms with van der Waals surface area (Å²) in [5, 5.41) is 10.5. The quantitative estimate of drug-likeness (QED) is 0.114. The van der Waals surface area contributed by atoms with Gasteiger partial charge in [-0.25, -0.2) is 0 Å². The molecule has 0 saturated heterocycles. The Hall–Kier alpha value is -7.20. The van der Waals surface area contributed by atoms with E-state index in [1.165, 1.54) is 81.2 Å². The van der Waals surface area contributed by atoms with E-state index in [9.17, 15) is 0 Å². The average Bonchev–Trinajstić information content (AvgIpc) is 3.80. The highest BCUT2D eigenvalue weighted by molar-refractivity contribution is 7.20. The van der Waals surface area contributed by atoms with Crippen molar-refractivity contribution in [2.24, 2.45) is 0 Å². The van der Waals surface area contributed by atoms with Crippen LogP contribution < -0.4 is 20.7 Å². The second kappa shape index (κ2) is 13.5. The number of hydrogen-bond donors (Lipinski definition) is 0. The molecule has 0 bridgehead atoms. The van der Waals surface area contributed by atoms with Crippen molar-refractivity contribution in [1.29, 1.82) is 0 Å². The Morgan fingerprint density at radius 2 is 0.667 bits per heavy atom. The summed E-state index contributed by atoms with van der Waals surface area (Å²) in [4.78, 5) is 0. The minimum Gasteiger partial charge on any atom is -0.309 e. The molecule has 0 N–H and O–H groups in total. The highest BCUT2D eigenvalue weighted by Crippen LogP contribution is 2.36. The van der Waals surface area contributed by atoms with Crippen molar-refractivity contribution in [2.75, 3.05) is 0 Å². The molecule has 0 aliphatic rings. The maximum atomic E-state index is 2.50. The van der Waals surface area contributed by atoms with Crippen molar-refractivity contribution in [1.82, 2.24) is 9.13 Å². The lowest BCUT2D eigenvalue weighted by Crippen LogP contribution is -2.74. The molecule has 2 aromatic heterocycles. The first-order valence-corrected chi connectivity index (χ1v) is 21.7. The van der Waals surface area contributed by atoms with Gasteiger partial charge in [-0.05, 0) is 86.5 Å². The van der Waals surface area contributed by atoms with Gasteiger partial charge < -0.3 is 9.13 Å². The smallest absolute Gasteiger partial charge is 0.179 e. The summed E-state index contributed by atoms with van der Waals surface area (Å²) in [6.45, 7) is 0. The highest BCUT2D eigenvalue weighted by atomic mass is 28.3. The molecule has 0 amide bonds. The van der Waals surface area contributed by atoms with E-state index in [-0.39, 0.29) is 0 Å². The van der Waals surface area contributed by atoms with E-state index in [0.717, 1.165) is 5.69 Å². The Labute approximate surface area is 333 Å². The fourth-order valence-electron chi connectivity index (χ4n) is 9.36. The third kappa shape index (κ3) is 5.24. The van der Waals surface area contributed by atoms with Crippen LogP contribution in [0, 0.1) is 0 Å². The molecule has 57 heavy (non-hydrogen) atoms. The predicted octanol–water partition coefficient (Wildman–Crippen LogP) is 10.9. The number of rotatable bonds is 7. The topological polar surface area (TPSA) is 9.86 Å². The first-order chi connectivity index (χ1) is 28.3. The van der Waals surface area contributed by atoms with Gasteiger partial charge in [-0.15, -0.1) is 0 Å². The van der Waals surface area contributed by atoms with E-state index < -0.39 is 8.07 Å². The summed E-state index contributed by atoms with van der Waals surface area (Å²) in [7, 11) is -2.72. The second-order valence-electron chi connectivity index (χ2n) is 14.9. The summed E-state index contributed by atoms with van der Waals surface area (Å²) >= 11 is 0. The van der Waals surface area contributed by atoms with Crippen LogP contribution in [0.1, 0.15) is 0 Å². The van der Waals surface area contributed by atoms with Gasteiger partial charge in [0.25, 0.3) is 0 Å². The van der Waals surface area contributed by atoms with E-state index in [1.807, 2.05) is 0 Å². The van der Waals surface area contributed by atoms with Crippen LogP contribution in [0.15, 0.2) is 231 Å². The fourth-order valence-corrected chi connectivity index (χ4v) is 14.1. The maximum absolute atomic E-state index is 2.72. The lowest BCUT2D eigenvalue weighted by molar-refractivity contribution is 1.18. The first-order valence-electron chi connectivity index (χ1n) is 19.7. The number of fused-ring (bicyclic) bond motifs is 6. The molecule has 268 valence electrons. The molecule has 2 heterocycles. The fraction of sp³-hybridized carbons (Fsp3) is 0. The van der Waals surface area contributed by atoms with Crippen molar-refractivity contribution in [3.05, 3.63) is 231 Å². The molecule has 3 heteroatoms. The van der Waals surface area contributed by atoms with Crippen LogP contribution in [0.5, 0.6) is 0 Å². The third-order valence-corrected chi connectivity index (χ3v) is 16.6. The average molecular weight is 743 g/mol. The van der Waals surface area contributed by atoms with Gasteiger partial charge in [-0.1, -0.05) is 176 Å². The summed E-state index contributed by atoms with van der Waals surface area (Å²) in [5.74, 6) is 0. The van der Waals surface area contributed by atoms with Gasteiger partial charge in [0.15, 0.2) is 8.07 Å². The molecule has 11 aromatic rings. The van der Waals surface area contributed by atoms with Crippen molar-refractivity contribution in [3.63, 3.8) is 0 Å². The molecule has 11 rings (SSSR count). The second-order valence-corrected chi connectivity index (χ2v) is 18.7. The summed E-state index contributed by atoms with van der Waals surface area (Å²) in [6.07, 6.45) is 0. The number of nitrogens with zero attached hydrogens (tertiary/aromatic N) is 2. The van der Waals surface area contributed by atoms with Crippen molar-refractivity contribution < 1.29 is 0 Å². The molecule has 0 atom stereocenters. The molecular weight excluding hydrogens is 705 g/mol. The zero-order valence-electron chi connectivity index (χ0n) is 31.3. The van der Waals surface area contributed by atoms with Gasteiger partial charge in [0.05, 0.1) is 22.1 Å². The minimum absolute atomic E-state index is 1.15. The number of hydrogen-bond acceptors (Lipinski definition) is 0.